The van der Waals surface area contributed by atoms with Crippen molar-refractivity contribution in [2.45, 2.75) is 11.8 Å². The first-order valence-electron chi connectivity index (χ1n) is 8.93. The summed E-state index contributed by atoms with van der Waals surface area (Å²) in [6.45, 7) is 1.89. The Morgan fingerprint density at radius 2 is 1.66 bits per heavy atom. The summed E-state index contributed by atoms with van der Waals surface area (Å²) in [5, 5.41) is 2.82. The molecule has 0 spiro atoms. The number of amides is 1. The maximum atomic E-state index is 13.0. The normalized spacial score (nSPS) is 11.0. The van der Waals surface area contributed by atoms with Crippen LogP contribution in [0.3, 0.4) is 0 Å². The van der Waals surface area contributed by atoms with Gasteiger partial charge in [-0.1, -0.05) is 24.3 Å². The molecule has 0 bridgehead atoms. The van der Waals surface area contributed by atoms with Crippen molar-refractivity contribution in [3.05, 3.63) is 83.9 Å². The summed E-state index contributed by atoms with van der Waals surface area (Å²) >= 11 is 0. The van der Waals surface area contributed by atoms with Crippen LogP contribution in [-0.4, -0.2) is 28.5 Å². The highest BCUT2D eigenvalue weighted by atomic mass is 32.2. The number of aryl methyl sites for hydroxylation is 1. The lowest BCUT2D eigenvalue weighted by molar-refractivity contribution is 0.102. The molecule has 0 aliphatic carbocycles. The molecule has 3 aromatic rings. The SMILES string of the molecule is COc1ccc(N(C)S(=O)(=O)c2cccc(C(=O)Nc3ccccc3C)c2)cc1. The zero-order valence-electron chi connectivity index (χ0n) is 16.4. The Morgan fingerprint density at radius 3 is 2.31 bits per heavy atom. The number of hydrogen-bond donors (Lipinski definition) is 1. The Balaban J connectivity index is 1.87. The molecule has 0 radical (unpaired) electrons. The molecule has 1 N–H and O–H groups in total. The molecule has 1 amide bonds. The monoisotopic (exact) mass is 410 g/mol. The van der Waals surface area contributed by atoms with Crippen LogP contribution in [0.1, 0.15) is 15.9 Å². The number of sulfonamides is 1. The molecule has 0 aromatic heterocycles. The number of anilines is 2. The van der Waals surface area contributed by atoms with Crippen molar-refractivity contribution in [1.82, 2.24) is 0 Å². The Morgan fingerprint density at radius 1 is 0.966 bits per heavy atom. The molecule has 0 saturated carbocycles. The van der Waals surface area contributed by atoms with Crippen LogP contribution in [0.2, 0.25) is 0 Å². The van der Waals surface area contributed by atoms with Crippen LogP contribution < -0.4 is 14.4 Å². The standard InChI is InChI=1S/C22H22N2O4S/c1-16-7-4-5-10-21(16)23-22(25)17-8-6-9-20(15-17)29(26,27)24(2)18-11-13-19(28-3)14-12-18/h4-15H,1-3H3,(H,23,25). The van der Waals surface area contributed by atoms with Gasteiger partial charge in [0.25, 0.3) is 15.9 Å². The van der Waals surface area contributed by atoms with E-state index in [-0.39, 0.29) is 16.4 Å². The summed E-state index contributed by atoms with van der Waals surface area (Å²) in [6, 6.07) is 20.1. The molecule has 7 heteroatoms. The van der Waals surface area contributed by atoms with E-state index in [1.54, 1.807) is 49.6 Å². The fourth-order valence-electron chi connectivity index (χ4n) is 2.79. The van der Waals surface area contributed by atoms with Gasteiger partial charge in [0.15, 0.2) is 0 Å². The molecule has 3 rings (SSSR count). The third kappa shape index (κ3) is 4.41. The number of ether oxygens (including phenoxy) is 1. The van der Waals surface area contributed by atoms with E-state index in [1.165, 1.54) is 23.5 Å². The molecule has 0 aliphatic rings. The number of nitrogens with zero attached hydrogens (tertiary/aromatic N) is 1. The maximum absolute atomic E-state index is 13.0. The van der Waals surface area contributed by atoms with Crippen molar-refractivity contribution in [2.75, 3.05) is 23.8 Å². The number of hydrogen-bond acceptors (Lipinski definition) is 4. The number of nitrogens with one attached hydrogen (secondary N) is 1. The lowest BCUT2D eigenvalue weighted by Gasteiger charge is -2.20. The minimum atomic E-state index is -3.84. The first kappa shape index (κ1) is 20.4. The highest BCUT2D eigenvalue weighted by Gasteiger charge is 2.22. The first-order chi connectivity index (χ1) is 13.8. The Hall–Kier alpha value is -3.32. The van der Waals surface area contributed by atoms with Crippen LogP contribution in [-0.2, 0) is 10.0 Å². The molecule has 0 heterocycles. The number of para-hydroxylation sites is 1. The lowest BCUT2D eigenvalue weighted by atomic mass is 10.1. The van der Waals surface area contributed by atoms with Crippen molar-refractivity contribution in [3.63, 3.8) is 0 Å². The summed E-state index contributed by atoms with van der Waals surface area (Å²) in [5.41, 5.74) is 2.35. The fraction of sp³-hybridized carbons (Fsp3) is 0.136. The van der Waals surface area contributed by atoms with Crippen molar-refractivity contribution in [1.29, 1.82) is 0 Å². The minimum Gasteiger partial charge on any atom is -0.497 e. The average molecular weight is 410 g/mol. The number of carbonyl (C=O) groups is 1. The van der Waals surface area contributed by atoms with Gasteiger partial charge in [0.05, 0.1) is 17.7 Å². The largest absolute Gasteiger partial charge is 0.497 e. The number of rotatable bonds is 6. The Kier molecular flexibility index (Phi) is 5.89. The van der Waals surface area contributed by atoms with Gasteiger partial charge in [0.1, 0.15) is 5.75 Å². The van der Waals surface area contributed by atoms with Crippen LogP contribution in [0.15, 0.2) is 77.7 Å². The van der Waals surface area contributed by atoms with E-state index in [0.717, 1.165) is 5.56 Å². The molecule has 0 saturated heterocycles. The van der Waals surface area contributed by atoms with Crippen molar-refractivity contribution < 1.29 is 17.9 Å². The topological polar surface area (TPSA) is 75.7 Å². The molecule has 0 unspecified atom stereocenters. The molecule has 0 atom stereocenters. The highest BCUT2D eigenvalue weighted by molar-refractivity contribution is 7.92. The zero-order chi connectivity index (χ0) is 21.0. The van der Waals surface area contributed by atoms with Gasteiger partial charge in [-0.15, -0.1) is 0 Å². The first-order valence-corrected chi connectivity index (χ1v) is 10.4. The van der Waals surface area contributed by atoms with Crippen LogP contribution in [0.5, 0.6) is 5.75 Å². The molecule has 0 aliphatic heterocycles. The van der Waals surface area contributed by atoms with E-state index >= 15 is 0 Å². The van der Waals surface area contributed by atoms with Gasteiger partial charge in [0, 0.05) is 18.3 Å². The van der Waals surface area contributed by atoms with Gasteiger partial charge >= 0.3 is 0 Å². The lowest BCUT2D eigenvalue weighted by Crippen LogP contribution is -2.26. The van der Waals surface area contributed by atoms with E-state index in [0.29, 0.717) is 17.1 Å². The predicted octanol–water partition coefficient (Wildman–Crippen LogP) is 4.08. The molecule has 0 fully saturated rings. The second-order valence-electron chi connectivity index (χ2n) is 6.47. The van der Waals surface area contributed by atoms with Gasteiger partial charge < -0.3 is 10.1 Å². The third-order valence-electron chi connectivity index (χ3n) is 4.58. The second-order valence-corrected chi connectivity index (χ2v) is 8.44. The molecule has 29 heavy (non-hydrogen) atoms. The summed E-state index contributed by atoms with van der Waals surface area (Å²) < 4.78 is 32.4. The average Bonchev–Trinajstić information content (AvgIpc) is 2.75. The van der Waals surface area contributed by atoms with Gasteiger partial charge in [-0.25, -0.2) is 8.42 Å². The molecular formula is C22H22N2O4S. The fourth-order valence-corrected chi connectivity index (χ4v) is 4.04. The molecule has 150 valence electrons. The highest BCUT2D eigenvalue weighted by Crippen LogP contribution is 2.25. The van der Waals surface area contributed by atoms with Gasteiger partial charge in [-0.2, -0.15) is 0 Å². The van der Waals surface area contributed by atoms with Gasteiger partial charge in [-0.05, 0) is 61.0 Å². The number of carbonyl (C=O) groups excluding carboxylic acids is 1. The molecular weight excluding hydrogens is 388 g/mol. The van der Waals surface area contributed by atoms with Crippen molar-refractivity contribution in [3.8, 4) is 5.75 Å². The van der Waals surface area contributed by atoms with Crippen molar-refractivity contribution >= 4 is 27.3 Å². The van der Waals surface area contributed by atoms with Gasteiger partial charge in [0.2, 0.25) is 0 Å². The van der Waals surface area contributed by atoms with Crippen molar-refractivity contribution in [2.24, 2.45) is 0 Å². The van der Waals surface area contributed by atoms with Crippen LogP contribution >= 0.6 is 0 Å². The Labute approximate surface area is 170 Å². The minimum absolute atomic E-state index is 0.0354. The summed E-state index contributed by atoms with van der Waals surface area (Å²) in [5.74, 6) is 0.262. The van der Waals surface area contributed by atoms with Crippen LogP contribution in [0, 0.1) is 6.92 Å². The van der Waals surface area contributed by atoms with Gasteiger partial charge in [-0.3, -0.25) is 9.10 Å². The van der Waals surface area contributed by atoms with E-state index in [9.17, 15) is 13.2 Å². The molecule has 6 nitrogen and oxygen atoms in total. The van der Waals surface area contributed by atoms with E-state index < -0.39 is 10.0 Å². The van der Waals surface area contributed by atoms with Crippen LogP contribution in [0.4, 0.5) is 11.4 Å². The van der Waals surface area contributed by atoms with E-state index in [1.807, 2.05) is 25.1 Å². The maximum Gasteiger partial charge on any atom is 0.264 e. The number of benzene rings is 3. The summed E-state index contributed by atoms with van der Waals surface area (Å²) in [4.78, 5) is 12.7. The van der Waals surface area contributed by atoms with E-state index in [2.05, 4.69) is 5.32 Å². The predicted molar refractivity (Wildman–Crippen MR) is 114 cm³/mol. The number of methoxy groups -OCH3 is 1. The van der Waals surface area contributed by atoms with Crippen LogP contribution in [0.25, 0.3) is 0 Å². The van der Waals surface area contributed by atoms with E-state index in [4.69, 9.17) is 4.74 Å². The quantitative estimate of drug-likeness (QED) is 0.664. The summed E-state index contributed by atoms with van der Waals surface area (Å²) in [7, 11) is -0.822. The molecule has 3 aromatic carbocycles. The second kappa shape index (κ2) is 8.36. The third-order valence-corrected chi connectivity index (χ3v) is 6.37. The smallest absolute Gasteiger partial charge is 0.264 e. The zero-order valence-corrected chi connectivity index (χ0v) is 17.2. The Bertz CT molecular complexity index is 1130. The summed E-state index contributed by atoms with van der Waals surface area (Å²) in [6.07, 6.45) is 0.